The van der Waals surface area contributed by atoms with Crippen molar-refractivity contribution in [2.24, 2.45) is 0 Å². The molecule has 0 radical (unpaired) electrons. The van der Waals surface area contributed by atoms with Gasteiger partial charge in [0.15, 0.2) is 0 Å². The topological polar surface area (TPSA) is 41.6 Å². The number of ether oxygens (including phenoxy) is 1. The van der Waals surface area contributed by atoms with Crippen molar-refractivity contribution in [2.45, 2.75) is 19.6 Å². The first-order valence-electron chi connectivity index (χ1n) is 9.03. The maximum atomic E-state index is 12.7. The van der Waals surface area contributed by atoms with Gasteiger partial charge in [-0.3, -0.25) is 4.79 Å². The summed E-state index contributed by atoms with van der Waals surface area (Å²) in [6.45, 7) is 2.40. The Morgan fingerprint density at radius 3 is 2.78 bits per heavy atom. The Bertz CT molecular complexity index is 933. The molecule has 5 heteroatoms. The Hall–Kier alpha value is -2.63. The first kappa shape index (κ1) is 17.8. The van der Waals surface area contributed by atoms with E-state index in [1.54, 1.807) is 7.11 Å². The summed E-state index contributed by atoms with van der Waals surface area (Å²) in [6, 6.07) is 17.8. The average molecular weight is 378 g/mol. The summed E-state index contributed by atoms with van der Waals surface area (Å²) in [4.78, 5) is 16.5. The summed E-state index contributed by atoms with van der Waals surface area (Å²) >= 11 is 1.83. The Morgan fingerprint density at radius 1 is 1.15 bits per heavy atom. The van der Waals surface area contributed by atoms with Gasteiger partial charge in [-0.15, -0.1) is 11.3 Å². The highest BCUT2D eigenvalue weighted by atomic mass is 32.1. The van der Waals surface area contributed by atoms with Gasteiger partial charge < -0.3 is 15.0 Å². The third-order valence-corrected chi connectivity index (χ3v) is 5.85. The fourth-order valence-electron chi connectivity index (χ4n) is 3.42. The van der Waals surface area contributed by atoms with Gasteiger partial charge in [-0.1, -0.05) is 24.3 Å². The lowest BCUT2D eigenvalue weighted by molar-refractivity contribution is 0.102. The largest absolute Gasteiger partial charge is 0.380 e. The normalized spacial score (nSPS) is 13.3. The van der Waals surface area contributed by atoms with Gasteiger partial charge in [0.1, 0.15) is 0 Å². The van der Waals surface area contributed by atoms with Crippen molar-refractivity contribution in [2.75, 3.05) is 23.9 Å². The summed E-state index contributed by atoms with van der Waals surface area (Å²) in [6.07, 6.45) is 1.05. The molecule has 0 atom stereocenters. The predicted octanol–water partition coefficient (Wildman–Crippen LogP) is 4.71. The van der Waals surface area contributed by atoms with Gasteiger partial charge in [-0.2, -0.15) is 0 Å². The van der Waals surface area contributed by atoms with E-state index in [4.69, 9.17) is 4.74 Å². The van der Waals surface area contributed by atoms with Gasteiger partial charge in [0, 0.05) is 30.6 Å². The van der Waals surface area contributed by atoms with E-state index in [1.807, 2.05) is 53.8 Å². The van der Waals surface area contributed by atoms with Crippen LogP contribution in [0, 0.1) is 0 Å². The molecule has 0 bridgehead atoms. The highest BCUT2D eigenvalue weighted by Crippen LogP contribution is 2.32. The van der Waals surface area contributed by atoms with Crippen LogP contribution in [0.4, 0.5) is 11.4 Å². The zero-order valence-electron chi connectivity index (χ0n) is 15.3. The van der Waals surface area contributed by atoms with E-state index in [2.05, 4.69) is 27.7 Å². The van der Waals surface area contributed by atoms with Crippen LogP contribution in [0.1, 0.15) is 26.4 Å². The van der Waals surface area contributed by atoms with Crippen molar-refractivity contribution < 1.29 is 9.53 Å². The van der Waals surface area contributed by atoms with Crippen LogP contribution in [0.5, 0.6) is 0 Å². The highest BCUT2D eigenvalue weighted by Gasteiger charge is 2.20. The number of carbonyl (C=O) groups is 1. The number of hydrogen-bond donors (Lipinski definition) is 1. The lowest BCUT2D eigenvalue weighted by Crippen LogP contribution is -2.30. The Kier molecular flexibility index (Phi) is 5.23. The van der Waals surface area contributed by atoms with Crippen LogP contribution in [0.2, 0.25) is 0 Å². The number of rotatable bonds is 5. The molecule has 1 aliphatic heterocycles. The summed E-state index contributed by atoms with van der Waals surface area (Å²) in [7, 11) is 1.66. The second-order valence-electron chi connectivity index (χ2n) is 6.64. The van der Waals surface area contributed by atoms with E-state index in [-0.39, 0.29) is 5.91 Å². The number of fused-ring (bicyclic) bond motifs is 1. The van der Waals surface area contributed by atoms with Crippen LogP contribution in [-0.4, -0.2) is 19.6 Å². The van der Waals surface area contributed by atoms with E-state index in [9.17, 15) is 4.79 Å². The molecule has 0 saturated heterocycles. The van der Waals surface area contributed by atoms with Crippen LogP contribution in [0.3, 0.4) is 0 Å². The van der Waals surface area contributed by atoms with Crippen molar-refractivity contribution in [3.63, 3.8) is 0 Å². The molecule has 27 heavy (non-hydrogen) atoms. The van der Waals surface area contributed by atoms with Crippen LogP contribution >= 0.6 is 11.3 Å². The molecule has 1 aromatic heterocycles. The third kappa shape index (κ3) is 3.89. The monoisotopic (exact) mass is 378 g/mol. The molecule has 1 amide bonds. The van der Waals surface area contributed by atoms with Crippen LogP contribution in [0.25, 0.3) is 0 Å². The quantitative estimate of drug-likeness (QED) is 0.699. The third-order valence-electron chi connectivity index (χ3n) is 4.83. The molecule has 4 rings (SSSR count). The molecule has 1 N–H and O–H groups in total. The fourth-order valence-corrected chi connectivity index (χ4v) is 4.31. The van der Waals surface area contributed by atoms with Gasteiger partial charge in [-0.05, 0) is 53.3 Å². The maximum Gasteiger partial charge on any atom is 0.255 e. The van der Waals surface area contributed by atoms with Gasteiger partial charge in [-0.25, -0.2) is 0 Å². The molecule has 0 fully saturated rings. The van der Waals surface area contributed by atoms with Crippen molar-refractivity contribution >= 4 is 28.6 Å². The van der Waals surface area contributed by atoms with Crippen LogP contribution in [0.15, 0.2) is 60.0 Å². The van der Waals surface area contributed by atoms with Gasteiger partial charge >= 0.3 is 0 Å². The van der Waals surface area contributed by atoms with Gasteiger partial charge in [0.25, 0.3) is 5.91 Å². The molecule has 2 heterocycles. The fraction of sp³-hybridized carbons (Fsp3) is 0.227. The number of methoxy groups -OCH3 is 1. The minimum atomic E-state index is -0.0975. The molecule has 1 aliphatic rings. The van der Waals surface area contributed by atoms with E-state index >= 15 is 0 Å². The van der Waals surface area contributed by atoms with E-state index in [1.165, 1.54) is 10.4 Å². The van der Waals surface area contributed by atoms with E-state index in [0.29, 0.717) is 12.2 Å². The number of benzene rings is 2. The van der Waals surface area contributed by atoms with Gasteiger partial charge in [0.05, 0.1) is 18.0 Å². The number of nitrogens with one attached hydrogen (secondary N) is 1. The summed E-state index contributed by atoms with van der Waals surface area (Å²) in [5.74, 6) is -0.0975. The summed E-state index contributed by atoms with van der Waals surface area (Å²) in [5, 5.41) is 5.25. The smallest absolute Gasteiger partial charge is 0.255 e. The second kappa shape index (κ2) is 7.94. The number of nitrogens with zero attached hydrogens (tertiary/aromatic N) is 1. The van der Waals surface area contributed by atoms with Crippen molar-refractivity contribution in [3.05, 3.63) is 81.5 Å². The summed E-state index contributed by atoms with van der Waals surface area (Å²) < 4.78 is 5.12. The number of anilines is 2. The first-order chi connectivity index (χ1) is 13.2. The molecule has 0 aliphatic carbocycles. The number of carbonyl (C=O) groups excluding carboxylic acids is 1. The molecule has 4 nitrogen and oxygen atoms in total. The Morgan fingerprint density at radius 2 is 1.96 bits per heavy atom. The predicted molar refractivity (Wildman–Crippen MR) is 111 cm³/mol. The highest BCUT2D eigenvalue weighted by molar-refractivity contribution is 7.10. The lowest BCUT2D eigenvalue weighted by Gasteiger charge is -2.30. The molecule has 0 saturated carbocycles. The molecule has 3 aromatic rings. The lowest BCUT2D eigenvalue weighted by atomic mass is 10.1. The zero-order chi connectivity index (χ0) is 18.6. The van der Waals surface area contributed by atoms with Crippen molar-refractivity contribution in [1.29, 1.82) is 0 Å². The van der Waals surface area contributed by atoms with Crippen molar-refractivity contribution in [3.8, 4) is 0 Å². The second-order valence-corrected chi connectivity index (χ2v) is 7.64. The van der Waals surface area contributed by atoms with E-state index < -0.39 is 0 Å². The SMILES string of the molecule is COCc1ccc(C(=O)Nc2ccccc2N2CCc3sccc3C2)cc1. The van der Waals surface area contributed by atoms with E-state index in [0.717, 1.165) is 36.4 Å². The summed E-state index contributed by atoms with van der Waals surface area (Å²) in [5.41, 5.74) is 5.00. The number of thiophene rings is 1. The van der Waals surface area contributed by atoms with Crippen LogP contribution < -0.4 is 10.2 Å². The molecule has 0 spiro atoms. The number of amides is 1. The number of hydrogen-bond acceptors (Lipinski definition) is 4. The van der Waals surface area contributed by atoms with Crippen LogP contribution in [-0.2, 0) is 24.3 Å². The number of para-hydroxylation sites is 2. The average Bonchev–Trinajstić information content (AvgIpc) is 3.17. The minimum absolute atomic E-state index is 0.0975. The first-order valence-corrected chi connectivity index (χ1v) is 9.91. The van der Waals surface area contributed by atoms with Gasteiger partial charge in [0.2, 0.25) is 0 Å². The maximum absolute atomic E-state index is 12.7. The van der Waals surface area contributed by atoms with Crippen molar-refractivity contribution in [1.82, 2.24) is 0 Å². The minimum Gasteiger partial charge on any atom is -0.380 e. The Labute approximate surface area is 163 Å². The molecule has 2 aromatic carbocycles. The Balaban J connectivity index is 1.52. The zero-order valence-corrected chi connectivity index (χ0v) is 16.1. The molecular formula is C22H22N2O2S. The molecule has 0 unspecified atom stereocenters. The molecule has 138 valence electrons. The standard InChI is InChI=1S/C22H22N2O2S/c1-26-15-16-6-8-17(9-7-16)22(25)23-19-4-2-3-5-20(19)24-12-10-21-18(14-24)11-13-27-21/h2-9,11,13H,10,12,14-15H2,1H3,(H,23,25). The molecular weight excluding hydrogens is 356 g/mol.